The third-order valence-corrected chi connectivity index (χ3v) is 4.42. The van der Waals surface area contributed by atoms with E-state index < -0.39 is 5.97 Å². The molecule has 2 aliphatic rings. The molecule has 1 saturated heterocycles. The Labute approximate surface area is 103 Å². The molecule has 96 valence electrons. The van der Waals surface area contributed by atoms with Gasteiger partial charge in [-0.2, -0.15) is 0 Å². The largest absolute Gasteiger partial charge is 0.478 e. The van der Waals surface area contributed by atoms with Gasteiger partial charge in [0.25, 0.3) is 0 Å². The molecule has 2 rings (SSSR count). The number of nitrogens with zero attached hydrogens (tertiary/aromatic N) is 1. The Morgan fingerprint density at radius 2 is 1.82 bits per heavy atom. The summed E-state index contributed by atoms with van der Waals surface area (Å²) in [4.78, 5) is 13.0. The monoisotopic (exact) mass is 237 g/mol. The van der Waals surface area contributed by atoms with Crippen molar-refractivity contribution in [3.63, 3.8) is 0 Å². The molecule has 0 aromatic heterocycles. The van der Waals surface area contributed by atoms with Gasteiger partial charge in [0, 0.05) is 12.6 Å². The van der Waals surface area contributed by atoms with Crippen LogP contribution in [0.1, 0.15) is 45.4 Å². The number of hydrogen-bond donors (Lipinski definition) is 1. The number of hydrogen-bond acceptors (Lipinski definition) is 2. The molecule has 17 heavy (non-hydrogen) atoms. The molecule has 0 aromatic carbocycles. The van der Waals surface area contributed by atoms with Crippen LogP contribution in [-0.4, -0.2) is 35.6 Å². The molecule has 0 amide bonds. The summed E-state index contributed by atoms with van der Waals surface area (Å²) in [6.45, 7) is 5.02. The summed E-state index contributed by atoms with van der Waals surface area (Å²) in [5, 5.41) is 8.69. The van der Waals surface area contributed by atoms with Crippen molar-refractivity contribution in [2.45, 2.75) is 45.4 Å². The first-order valence-electron chi connectivity index (χ1n) is 6.72. The van der Waals surface area contributed by atoms with Gasteiger partial charge in [-0.3, -0.25) is 4.90 Å². The topological polar surface area (TPSA) is 40.5 Å². The van der Waals surface area contributed by atoms with E-state index >= 15 is 0 Å². The SMILES string of the molecule is CC(=CC(=O)O)CN1CCC2(CCCC2)CC1. The smallest absolute Gasteiger partial charge is 0.328 e. The van der Waals surface area contributed by atoms with Crippen molar-refractivity contribution in [1.82, 2.24) is 4.90 Å². The predicted molar refractivity (Wildman–Crippen MR) is 68.0 cm³/mol. The van der Waals surface area contributed by atoms with Gasteiger partial charge in [-0.05, 0) is 51.1 Å². The fourth-order valence-corrected chi connectivity index (χ4v) is 3.42. The number of carboxylic acid groups (broad SMARTS) is 1. The van der Waals surface area contributed by atoms with Gasteiger partial charge in [-0.15, -0.1) is 0 Å². The van der Waals surface area contributed by atoms with Crippen molar-refractivity contribution in [1.29, 1.82) is 0 Å². The molecule has 2 fully saturated rings. The Bertz CT molecular complexity index is 306. The van der Waals surface area contributed by atoms with E-state index in [0.717, 1.165) is 25.2 Å². The van der Waals surface area contributed by atoms with Crippen LogP contribution in [0.25, 0.3) is 0 Å². The fraction of sp³-hybridized carbons (Fsp3) is 0.786. The maximum atomic E-state index is 10.6. The van der Waals surface area contributed by atoms with Gasteiger partial charge in [0.05, 0.1) is 0 Å². The number of rotatable bonds is 3. The zero-order chi connectivity index (χ0) is 12.3. The summed E-state index contributed by atoms with van der Waals surface area (Å²) in [6.07, 6.45) is 9.63. The highest BCUT2D eigenvalue weighted by Crippen LogP contribution is 2.46. The first-order chi connectivity index (χ1) is 8.10. The average Bonchev–Trinajstić information content (AvgIpc) is 2.69. The van der Waals surface area contributed by atoms with Crippen LogP contribution in [0.15, 0.2) is 11.6 Å². The van der Waals surface area contributed by atoms with Crippen LogP contribution in [0.3, 0.4) is 0 Å². The Morgan fingerprint density at radius 3 is 2.35 bits per heavy atom. The molecule has 0 bridgehead atoms. The lowest BCUT2D eigenvalue weighted by Gasteiger charge is -2.39. The van der Waals surface area contributed by atoms with E-state index in [1.807, 2.05) is 6.92 Å². The molecule has 1 aliphatic heterocycles. The van der Waals surface area contributed by atoms with Gasteiger partial charge in [-0.1, -0.05) is 18.4 Å². The summed E-state index contributed by atoms with van der Waals surface area (Å²) < 4.78 is 0. The first-order valence-corrected chi connectivity index (χ1v) is 6.72. The van der Waals surface area contributed by atoms with Crippen molar-refractivity contribution in [3.8, 4) is 0 Å². The van der Waals surface area contributed by atoms with Crippen LogP contribution >= 0.6 is 0 Å². The lowest BCUT2D eigenvalue weighted by Crippen LogP contribution is -2.39. The number of aliphatic carboxylic acids is 1. The van der Waals surface area contributed by atoms with E-state index in [0.29, 0.717) is 5.41 Å². The summed E-state index contributed by atoms with van der Waals surface area (Å²) in [5.74, 6) is -0.827. The van der Waals surface area contributed by atoms with E-state index in [2.05, 4.69) is 4.90 Å². The van der Waals surface area contributed by atoms with Crippen molar-refractivity contribution in [2.75, 3.05) is 19.6 Å². The maximum Gasteiger partial charge on any atom is 0.328 e. The highest BCUT2D eigenvalue weighted by molar-refractivity contribution is 5.80. The van der Waals surface area contributed by atoms with Crippen LogP contribution in [0.4, 0.5) is 0 Å². The van der Waals surface area contributed by atoms with Crippen molar-refractivity contribution in [2.24, 2.45) is 5.41 Å². The van der Waals surface area contributed by atoms with Crippen LogP contribution in [0.5, 0.6) is 0 Å². The van der Waals surface area contributed by atoms with E-state index in [1.165, 1.54) is 44.6 Å². The Balaban J connectivity index is 1.81. The molecule has 1 saturated carbocycles. The summed E-state index contributed by atoms with van der Waals surface area (Å²) in [6, 6.07) is 0. The summed E-state index contributed by atoms with van der Waals surface area (Å²) in [7, 11) is 0. The van der Waals surface area contributed by atoms with Gasteiger partial charge in [0.15, 0.2) is 0 Å². The molecule has 1 heterocycles. The quantitative estimate of drug-likeness (QED) is 0.767. The van der Waals surface area contributed by atoms with E-state index in [-0.39, 0.29) is 0 Å². The molecule has 0 radical (unpaired) electrons. The number of carboxylic acids is 1. The minimum atomic E-state index is -0.827. The second-order valence-corrected chi connectivity index (χ2v) is 5.81. The molecule has 3 nitrogen and oxygen atoms in total. The number of likely N-dealkylation sites (tertiary alicyclic amines) is 1. The lowest BCUT2D eigenvalue weighted by molar-refractivity contribution is -0.131. The highest BCUT2D eigenvalue weighted by Gasteiger charge is 2.36. The van der Waals surface area contributed by atoms with Crippen LogP contribution in [0.2, 0.25) is 0 Å². The molecular weight excluding hydrogens is 214 g/mol. The van der Waals surface area contributed by atoms with Gasteiger partial charge in [0.2, 0.25) is 0 Å². The second-order valence-electron chi connectivity index (χ2n) is 5.81. The molecular formula is C14H23NO2. The molecule has 1 N–H and O–H groups in total. The van der Waals surface area contributed by atoms with E-state index in [4.69, 9.17) is 5.11 Å². The molecule has 1 aliphatic carbocycles. The summed E-state index contributed by atoms with van der Waals surface area (Å²) >= 11 is 0. The molecule has 1 spiro atoms. The minimum absolute atomic E-state index is 0.654. The average molecular weight is 237 g/mol. The van der Waals surface area contributed by atoms with Gasteiger partial charge in [-0.25, -0.2) is 4.79 Å². The number of piperidine rings is 1. The fourth-order valence-electron chi connectivity index (χ4n) is 3.42. The molecule has 0 unspecified atom stereocenters. The number of carbonyl (C=O) groups is 1. The zero-order valence-electron chi connectivity index (χ0n) is 10.7. The maximum absolute atomic E-state index is 10.6. The van der Waals surface area contributed by atoms with E-state index in [1.54, 1.807) is 0 Å². The normalized spacial score (nSPS) is 25.4. The third kappa shape index (κ3) is 3.32. The van der Waals surface area contributed by atoms with Crippen molar-refractivity contribution < 1.29 is 9.90 Å². The minimum Gasteiger partial charge on any atom is -0.478 e. The highest BCUT2D eigenvalue weighted by atomic mass is 16.4. The Kier molecular flexibility index (Phi) is 3.87. The third-order valence-electron chi connectivity index (χ3n) is 4.42. The first kappa shape index (κ1) is 12.6. The van der Waals surface area contributed by atoms with Crippen molar-refractivity contribution in [3.05, 3.63) is 11.6 Å². The van der Waals surface area contributed by atoms with Crippen LogP contribution in [0, 0.1) is 5.41 Å². The van der Waals surface area contributed by atoms with Crippen molar-refractivity contribution >= 4 is 5.97 Å². The van der Waals surface area contributed by atoms with Gasteiger partial charge in [0.1, 0.15) is 0 Å². The Hall–Kier alpha value is -0.830. The predicted octanol–water partition coefficient (Wildman–Crippen LogP) is 2.67. The molecule has 0 atom stereocenters. The lowest BCUT2D eigenvalue weighted by atomic mass is 9.77. The second kappa shape index (κ2) is 5.21. The van der Waals surface area contributed by atoms with Crippen LogP contribution in [-0.2, 0) is 4.79 Å². The molecule has 0 aromatic rings. The van der Waals surface area contributed by atoms with Gasteiger partial charge >= 0.3 is 5.97 Å². The molecule has 3 heteroatoms. The van der Waals surface area contributed by atoms with Crippen LogP contribution < -0.4 is 0 Å². The Morgan fingerprint density at radius 1 is 1.24 bits per heavy atom. The zero-order valence-corrected chi connectivity index (χ0v) is 10.7. The van der Waals surface area contributed by atoms with Gasteiger partial charge < -0.3 is 5.11 Å². The van der Waals surface area contributed by atoms with E-state index in [9.17, 15) is 4.79 Å². The standard InChI is InChI=1S/C14H23NO2/c1-12(10-13(16)17)11-15-8-6-14(7-9-15)4-2-3-5-14/h10H,2-9,11H2,1H3,(H,16,17). The summed E-state index contributed by atoms with van der Waals surface area (Å²) in [5.41, 5.74) is 1.61.